The van der Waals surface area contributed by atoms with Crippen LogP contribution in [-0.2, 0) is 6.54 Å². The summed E-state index contributed by atoms with van der Waals surface area (Å²) in [6.07, 6.45) is 3.63. The molecule has 1 aliphatic carbocycles. The van der Waals surface area contributed by atoms with E-state index in [0.29, 0.717) is 11.8 Å². The maximum absolute atomic E-state index is 13.8. The molecule has 0 radical (unpaired) electrons. The van der Waals surface area contributed by atoms with Crippen LogP contribution in [0.2, 0.25) is 0 Å². The fraction of sp³-hybridized carbons (Fsp3) is 0.235. The Labute approximate surface area is 131 Å². The van der Waals surface area contributed by atoms with Gasteiger partial charge in [-0.05, 0) is 25.0 Å². The van der Waals surface area contributed by atoms with Crippen LogP contribution in [0.25, 0.3) is 0 Å². The van der Waals surface area contributed by atoms with E-state index in [1.54, 1.807) is 18.2 Å². The normalized spacial score (nSPS) is 13.6. The number of rotatable bonds is 5. The van der Waals surface area contributed by atoms with Gasteiger partial charge in [-0.15, -0.1) is 0 Å². The summed E-state index contributed by atoms with van der Waals surface area (Å²) in [6.45, 7) is -0.0447. The Morgan fingerprint density at radius 2 is 2.09 bits per heavy atom. The number of nitrogens with zero attached hydrogens (tertiary/aromatic N) is 1. The van der Waals surface area contributed by atoms with E-state index in [2.05, 4.69) is 5.32 Å². The van der Waals surface area contributed by atoms with Crippen LogP contribution >= 0.6 is 0 Å². The third-order valence-electron chi connectivity index (χ3n) is 3.71. The minimum Gasteiger partial charge on any atom is -0.349 e. The molecule has 0 spiro atoms. The van der Waals surface area contributed by atoms with Crippen molar-refractivity contribution >= 4 is 12.2 Å². The number of aromatic nitrogens is 1. The van der Waals surface area contributed by atoms with E-state index in [1.165, 1.54) is 22.9 Å². The lowest BCUT2D eigenvalue weighted by atomic mass is 10.1. The smallest absolute Gasteiger partial charge is 0.261 e. The van der Waals surface area contributed by atoms with Crippen molar-refractivity contribution in [2.24, 2.45) is 0 Å². The quantitative estimate of drug-likeness (QED) is 0.855. The summed E-state index contributed by atoms with van der Waals surface area (Å²) >= 11 is 0. The first-order valence-corrected chi connectivity index (χ1v) is 7.32. The second kappa shape index (κ2) is 6.16. The van der Waals surface area contributed by atoms with Crippen LogP contribution in [0.3, 0.4) is 0 Å². The molecule has 5 nitrogen and oxygen atoms in total. The Bertz CT molecular complexity index is 825. The first kappa shape index (κ1) is 15.1. The third kappa shape index (κ3) is 3.36. The standard InChI is InChI=1S/C17H15FN2O3/c18-15-4-2-1-3-11(15)8-20-9-12(7-13(10-21)17(20)23)16(22)19-14-5-6-14/h1-4,7,9-10,14H,5-6,8H2,(H,19,22). The van der Waals surface area contributed by atoms with Gasteiger partial charge in [0.2, 0.25) is 0 Å². The van der Waals surface area contributed by atoms with Gasteiger partial charge in [-0.1, -0.05) is 18.2 Å². The molecular formula is C17H15FN2O3. The third-order valence-corrected chi connectivity index (χ3v) is 3.71. The van der Waals surface area contributed by atoms with Gasteiger partial charge in [0.25, 0.3) is 11.5 Å². The summed E-state index contributed by atoms with van der Waals surface area (Å²) in [5, 5.41) is 2.80. The fourth-order valence-electron chi connectivity index (χ4n) is 2.29. The summed E-state index contributed by atoms with van der Waals surface area (Å²) < 4.78 is 14.9. The van der Waals surface area contributed by atoms with Crippen molar-refractivity contribution in [2.45, 2.75) is 25.4 Å². The lowest BCUT2D eigenvalue weighted by Crippen LogP contribution is -2.30. The average molecular weight is 314 g/mol. The topological polar surface area (TPSA) is 68.2 Å². The summed E-state index contributed by atoms with van der Waals surface area (Å²) in [7, 11) is 0. The second-order valence-electron chi connectivity index (χ2n) is 5.57. The van der Waals surface area contributed by atoms with Crippen LogP contribution in [0.15, 0.2) is 41.3 Å². The zero-order valence-electron chi connectivity index (χ0n) is 12.3. The Hall–Kier alpha value is -2.76. The Morgan fingerprint density at radius 3 is 2.74 bits per heavy atom. The zero-order valence-corrected chi connectivity index (χ0v) is 12.3. The minimum atomic E-state index is -0.550. The Morgan fingerprint density at radius 1 is 1.35 bits per heavy atom. The first-order valence-electron chi connectivity index (χ1n) is 7.32. The number of aldehydes is 1. The van der Waals surface area contributed by atoms with Gasteiger partial charge in [-0.25, -0.2) is 4.39 Å². The minimum absolute atomic E-state index is 0.0447. The van der Waals surface area contributed by atoms with Crippen molar-refractivity contribution in [3.8, 4) is 0 Å². The molecule has 1 heterocycles. The Balaban J connectivity index is 1.97. The van der Waals surface area contributed by atoms with Crippen molar-refractivity contribution in [1.82, 2.24) is 9.88 Å². The van der Waals surface area contributed by atoms with E-state index in [1.807, 2.05) is 0 Å². The van der Waals surface area contributed by atoms with E-state index in [-0.39, 0.29) is 29.6 Å². The molecule has 0 atom stereocenters. The first-order chi connectivity index (χ1) is 11.1. The van der Waals surface area contributed by atoms with Gasteiger partial charge in [-0.3, -0.25) is 14.4 Å². The molecule has 0 unspecified atom stereocenters. The molecule has 0 saturated heterocycles. The van der Waals surface area contributed by atoms with Crippen LogP contribution in [-0.4, -0.2) is 22.8 Å². The molecule has 118 valence electrons. The van der Waals surface area contributed by atoms with Gasteiger partial charge in [-0.2, -0.15) is 0 Å². The van der Waals surface area contributed by atoms with Gasteiger partial charge < -0.3 is 9.88 Å². The van der Waals surface area contributed by atoms with E-state index < -0.39 is 11.4 Å². The Kier molecular flexibility index (Phi) is 4.06. The largest absolute Gasteiger partial charge is 0.349 e. The molecule has 1 saturated carbocycles. The second-order valence-corrected chi connectivity index (χ2v) is 5.57. The zero-order chi connectivity index (χ0) is 16.4. The number of pyridine rings is 1. The van der Waals surface area contributed by atoms with E-state index in [9.17, 15) is 18.8 Å². The van der Waals surface area contributed by atoms with Crippen LogP contribution in [0.4, 0.5) is 4.39 Å². The maximum atomic E-state index is 13.8. The summed E-state index contributed by atoms with van der Waals surface area (Å²) in [5.41, 5.74) is -0.142. The number of hydrogen-bond donors (Lipinski definition) is 1. The molecule has 0 aliphatic heterocycles. The predicted molar refractivity (Wildman–Crippen MR) is 82.1 cm³/mol. The molecule has 1 amide bonds. The van der Waals surface area contributed by atoms with Crippen molar-refractivity contribution in [3.63, 3.8) is 0 Å². The van der Waals surface area contributed by atoms with Gasteiger partial charge in [0.05, 0.1) is 17.7 Å². The molecule has 0 bridgehead atoms. The van der Waals surface area contributed by atoms with Gasteiger partial charge in [0, 0.05) is 17.8 Å². The van der Waals surface area contributed by atoms with Crippen molar-refractivity contribution in [1.29, 1.82) is 0 Å². The molecule has 1 fully saturated rings. The number of carbonyl (C=O) groups is 2. The van der Waals surface area contributed by atoms with E-state index >= 15 is 0 Å². The lowest BCUT2D eigenvalue weighted by Gasteiger charge is -2.11. The number of carbonyl (C=O) groups excluding carboxylic acids is 2. The summed E-state index contributed by atoms with van der Waals surface area (Å²) in [4.78, 5) is 35.4. The highest BCUT2D eigenvalue weighted by atomic mass is 19.1. The van der Waals surface area contributed by atoms with Crippen LogP contribution < -0.4 is 10.9 Å². The highest BCUT2D eigenvalue weighted by Gasteiger charge is 2.24. The molecule has 3 rings (SSSR count). The molecule has 6 heteroatoms. The van der Waals surface area contributed by atoms with Gasteiger partial charge in [0.15, 0.2) is 6.29 Å². The average Bonchev–Trinajstić information content (AvgIpc) is 3.35. The van der Waals surface area contributed by atoms with Crippen molar-refractivity contribution in [3.05, 3.63) is 69.4 Å². The molecule has 1 aromatic heterocycles. The van der Waals surface area contributed by atoms with E-state index in [0.717, 1.165) is 12.8 Å². The molecule has 23 heavy (non-hydrogen) atoms. The summed E-state index contributed by atoms with van der Waals surface area (Å²) in [6, 6.07) is 7.50. The fourth-order valence-corrected chi connectivity index (χ4v) is 2.29. The molecular weight excluding hydrogens is 299 g/mol. The predicted octanol–water partition coefficient (Wildman–Crippen LogP) is 1.74. The monoisotopic (exact) mass is 314 g/mol. The van der Waals surface area contributed by atoms with Crippen LogP contribution in [0.1, 0.15) is 39.1 Å². The molecule has 1 aromatic carbocycles. The SMILES string of the molecule is O=Cc1cc(C(=O)NC2CC2)cn(Cc2ccccc2F)c1=O. The number of amides is 1. The molecule has 2 aromatic rings. The highest BCUT2D eigenvalue weighted by molar-refractivity contribution is 5.95. The number of halogens is 1. The highest BCUT2D eigenvalue weighted by Crippen LogP contribution is 2.19. The van der Waals surface area contributed by atoms with Crippen LogP contribution in [0, 0.1) is 5.82 Å². The van der Waals surface area contributed by atoms with Gasteiger partial charge in [0.1, 0.15) is 5.82 Å². The van der Waals surface area contributed by atoms with E-state index in [4.69, 9.17) is 0 Å². The summed E-state index contributed by atoms with van der Waals surface area (Å²) in [5.74, 6) is -0.780. The maximum Gasteiger partial charge on any atom is 0.261 e. The van der Waals surface area contributed by atoms with Crippen molar-refractivity contribution < 1.29 is 14.0 Å². The number of hydrogen-bond acceptors (Lipinski definition) is 3. The van der Waals surface area contributed by atoms with Crippen molar-refractivity contribution in [2.75, 3.05) is 0 Å². The number of benzene rings is 1. The number of nitrogens with one attached hydrogen (secondary N) is 1. The molecule has 1 N–H and O–H groups in total. The lowest BCUT2D eigenvalue weighted by molar-refractivity contribution is 0.0950. The van der Waals surface area contributed by atoms with Crippen LogP contribution in [0.5, 0.6) is 0 Å². The molecule has 1 aliphatic rings. The van der Waals surface area contributed by atoms with Gasteiger partial charge >= 0.3 is 0 Å².